The van der Waals surface area contributed by atoms with Crippen LogP contribution in [0.1, 0.15) is 37.7 Å². The zero-order chi connectivity index (χ0) is 23.5. The number of hydrogen-bond donors (Lipinski definition) is 1. The molecule has 1 N–H and O–H groups in total. The Hall–Kier alpha value is -4.40. The maximum absolute atomic E-state index is 12.6. The monoisotopic (exact) mass is 447 g/mol. The Morgan fingerprint density at radius 2 is 1.88 bits per heavy atom. The van der Waals surface area contributed by atoms with E-state index in [4.69, 9.17) is 14.0 Å². The molecule has 2 heterocycles. The number of methoxy groups -OCH3 is 1. The number of nitrogens with zero attached hydrogens (tertiary/aromatic N) is 2. The van der Waals surface area contributed by atoms with Crippen LogP contribution in [-0.4, -0.2) is 28.5 Å². The zero-order valence-electron chi connectivity index (χ0n) is 18.2. The van der Waals surface area contributed by atoms with Gasteiger partial charge in [-0.2, -0.15) is 0 Å². The molecule has 0 aliphatic rings. The Bertz CT molecular complexity index is 1420. The molecular formula is C24H21N3O6. The summed E-state index contributed by atoms with van der Waals surface area (Å²) in [7, 11) is 1.47. The van der Waals surface area contributed by atoms with Crippen molar-refractivity contribution in [2.75, 3.05) is 12.4 Å². The minimum Gasteiger partial charge on any atom is -0.495 e. The van der Waals surface area contributed by atoms with E-state index in [1.54, 1.807) is 37.3 Å². The lowest BCUT2D eigenvalue weighted by Crippen LogP contribution is -2.15. The molecule has 2 aromatic heterocycles. The predicted octanol–water partition coefficient (Wildman–Crippen LogP) is 3.52. The maximum atomic E-state index is 12.6. The molecule has 1 amide bonds. The Morgan fingerprint density at radius 3 is 2.64 bits per heavy atom. The molecule has 33 heavy (non-hydrogen) atoms. The molecule has 0 atom stereocenters. The molecule has 0 saturated carbocycles. The van der Waals surface area contributed by atoms with Crippen molar-refractivity contribution < 1.29 is 23.6 Å². The molecule has 168 valence electrons. The van der Waals surface area contributed by atoms with Crippen LogP contribution in [0, 0.1) is 13.8 Å². The molecule has 4 aromatic rings. The smallest absolute Gasteiger partial charge is 0.338 e. The molecule has 0 fully saturated rings. The van der Waals surface area contributed by atoms with Gasteiger partial charge in [0.2, 0.25) is 0 Å². The number of aryl methyl sites for hydroxylation is 2. The zero-order valence-corrected chi connectivity index (χ0v) is 18.2. The van der Waals surface area contributed by atoms with E-state index < -0.39 is 11.5 Å². The van der Waals surface area contributed by atoms with Crippen LogP contribution in [0.5, 0.6) is 5.75 Å². The lowest BCUT2D eigenvalue weighted by molar-refractivity contribution is 0.0467. The van der Waals surface area contributed by atoms with Crippen LogP contribution in [0.25, 0.3) is 5.65 Å². The molecule has 0 aliphatic heterocycles. The van der Waals surface area contributed by atoms with Gasteiger partial charge in [-0.1, -0.05) is 17.7 Å². The fourth-order valence-corrected chi connectivity index (χ4v) is 3.28. The summed E-state index contributed by atoms with van der Waals surface area (Å²) in [6, 6.07) is 14.5. The van der Waals surface area contributed by atoms with Crippen LogP contribution in [0.15, 0.2) is 63.9 Å². The first-order chi connectivity index (χ1) is 15.8. The number of ether oxygens (including phenoxy) is 2. The number of amides is 1. The first-order valence-electron chi connectivity index (χ1n) is 10.1. The summed E-state index contributed by atoms with van der Waals surface area (Å²) in [5.41, 5.74) is 2.16. The van der Waals surface area contributed by atoms with Gasteiger partial charge in [0.25, 0.3) is 11.5 Å². The average Bonchev–Trinajstić information content (AvgIpc) is 3.18. The van der Waals surface area contributed by atoms with E-state index in [2.05, 4.69) is 10.3 Å². The standard InChI is InChI=1S/C24H21N3O6/c1-14-5-4-6-16(9-14)23(29)26-19-11-17(7-8-20(19)31-3)24(30)32-13-18-12-22(28)27-21(25-18)10-15(2)33-27/h4-12H,13H2,1-3H3,(H,26,29). The van der Waals surface area contributed by atoms with Crippen molar-refractivity contribution in [3.8, 4) is 5.75 Å². The Labute approximate surface area is 188 Å². The highest BCUT2D eigenvalue weighted by molar-refractivity contribution is 6.05. The first kappa shape index (κ1) is 21.8. The molecule has 9 nitrogen and oxygen atoms in total. The summed E-state index contributed by atoms with van der Waals surface area (Å²) in [6.07, 6.45) is 0. The number of hydrogen-bond acceptors (Lipinski definition) is 7. The summed E-state index contributed by atoms with van der Waals surface area (Å²) >= 11 is 0. The minimum atomic E-state index is -0.644. The van der Waals surface area contributed by atoms with Gasteiger partial charge in [0, 0.05) is 17.7 Å². The minimum absolute atomic E-state index is 0.201. The van der Waals surface area contributed by atoms with E-state index in [0.717, 1.165) is 10.1 Å². The van der Waals surface area contributed by atoms with Gasteiger partial charge in [-0.15, -0.1) is 4.57 Å². The van der Waals surface area contributed by atoms with Crippen LogP contribution in [-0.2, 0) is 11.3 Å². The predicted molar refractivity (Wildman–Crippen MR) is 120 cm³/mol. The fourth-order valence-electron chi connectivity index (χ4n) is 3.28. The second-order valence-electron chi connectivity index (χ2n) is 7.40. The second-order valence-corrected chi connectivity index (χ2v) is 7.40. The Morgan fingerprint density at radius 1 is 1.06 bits per heavy atom. The summed E-state index contributed by atoms with van der Waals surface area (Å²) in [5.74, 6) is -0.0554. The first-order valence-corrected chi connectivity index (χ1v) is 10.1. The molecule has 0 spiro atoms. The normalized spacial score (nSPS) is 10.8. The van der Waals surface area contributed by atoms with Crippen LogP contribution in [0.3, 0.4) is 0 Å². The number of aromatic nitrogens is 2. The van der Waals surface area contributed by atoms with Crippen LogP contribution >= 0.6 is 0 Å². The molecule has 9 heteroatoms. The van der Waals surface area contributed by atoms with E-state index in [1.165, 1.54) is 25.3 Å². The van der Waals surface area contributed by atoms with Crippen molar-refractivity contribution in [2.24, 2.45) is 0 Å². The average molecular weight is 447 g/mol. The second kappa shape index (κ2) is 8.99. The number of carbonyl (C=O) groups excluding carboxylic acids is 2. The summed E-state index contributed by atoms with van der Waals surface area (Å²) in [5, 5.41) is 2.77. The summed E-state index contributed by atoms with van der Waals surface area (Å²) in [6.45, 7) is 3.39. The van der Waals surface area contributed by atoms with Gasteiger partial charge >= 0.3 is 5.97 Å². The van der Waals surface area contributed by atoms with Gasteiger partial charge in [-0.25, -0.2) is 9.78 Å². The third kappa shape index (κ3) is 4.77. The molecule has 0 unspecified atom stereocenters. The van der Waals surface area contributed by atoms with Crippen molar-refractivity contribution >= 4 is 23.2 Å². The van der Waals surface area contributed by atoms with Gasteiger partial charge in [0.05, 0.1) is 24.1 Å². The van der Waals surface area contributed by atoms with E-state index >= 15 is 0 Å². The summed E-state index contributed by atoms with van der Waals surface area (Å²) in [4.78, 5) is 41.6. The number of anilines is 1. The lowest BCUT2D eigenvalue weighted by atomic mass is 10.1. The van der Waals surface area contributed by atoms with Gasteiger partial charge in [-0.3, -0.25) is 9.59 Å². The van der Waals surface area contributed by atoms with Crippen LogP contribution < -0.4 is 15.6 Å². The van der Waals surface area contributed by atoms with Gasteiger partial charge in [-0.05, 0) is 44.2 Å². The number of rotatable bonds is 6. The van der Waals surface area contributed by atoms with Crippen LogP contribution in [0.2, 0.25) is 0 Å². The fraction of sp³-hybridized carbons (Fsp3) is 0.167. The van der Waals surface area contributed by atoms with Crippen molar-refractivity contribution in [1.82, 2.24) is 9.56 Å². The largest absolute Gasteiger partial charge is 0.495 e. The van der Waals surface area contributed by atoms with Crippen molar-refractivity contribution in [1.29, 1.82) is 0 Å². The molecular weight excluding hydrogens is 426 g/mol. The topological polar surface area (TPSA) is 112 Å². The van der Waals surface area contributed by atoms with E-state index in [1.807, 2.05) is 13.0 Å². The van der Waals surface area contributed by atoms with E-state index in [-0.39, 0.29) is 23.8 Å². The maximum Gasteiger partial charge on any atom is 0.338 e. The molecule has 2 aromatic carbocycles. The highest BCUT2D eigenvalue weighted by Gasteiger charge is 2.16. The van der Waals surface area contributed by atoms with Crippen LogP contribution in [0.4, 0.5) is 5.69 Å². The molecule has 0 radical (unpaired) electrons. The highest BCUT2D eigenvalue weighted by atomic mass is 16.5. The number of benzene rings is 2. The lowest BCUT2D eigenvalue weighted by Gasteiger charge is -2.12. The number of fused-ring (bicyclic) bond motifs is 1. The van der Waals surface area contributed by atoms with Gasteiger partial charge in [0.15, 0.2) is 5.65 Å². The molecule has 0 bridgehead atoms. The number of carbonyl (C=O) groups is 2. The van der Waals surface area contributed by atoms with Crippen molar-refractivity contribution in [3.05, 3.63) is 93.1 Å². The molecule has 0 aliphatic carbocycles. The Balaban J connectivity index is 1.51. The molecule has 0 saturated heterocycles. The van der Waals surface area contributed by atoms with E-state index in [0.29, 0.717) is 28.4 Å². The number of esters is 1. The SMILES string of the molecule is COc1ccc(C(=O)OCc2cc(=O)n3oc(C)cc3n2)cc1NC(=O)c1cccc(C)c1. The van der Waals surface area contributed by atoms with Crippen molar-refractivity contribution in [3.63, 3.8) is 0 Å². The summed E-state index contributed by atoms with van der Waals surface area (Å²) < 4.78 is 16.9. The third-order valence-corrected chi connectivity index (χ3v) is 4.84. The highest BCUT2D eigenvalue weighted by Crippen LogP contribution is 2.26. The third-order valence-electron chi connectivity index (χ3n) is 4.84. The quantitative estimate of drug-likeness (QED) is 0.450. The van der Waals surface area contributed by atoms with E-state index in [9.17, 15) is 14.4 Å². The van der Waals surface area contributed by atoms with Gasteiger partial charge in [0.1, 0.15) is 18.1 Å². The Kier molecular flexibility index (Phi) is 5.95. The van der Waals surface area contributed by atoms with Gasteiger partial charge < -0.3 is 19.3 Å². The number of nitrogens with one attached hydrogen (secondary N) is 1. The molecule has 4 rings (SSSR count). The van der Waals surface area contributed by atoms with Crippen molar-refractivity contribution in [2.45, 2.75) is 20.5 Å².